The normalized spacial score (nSPS) is 10.8. The zero-order valence-electron chi connectivity index (χ0n) is 13.2. The number of nitrogens with zero attached hydrogens (tertiary/aromatic N) is 3. The Hall–Kier alpha value is -3.12. The highest BCUT2D eigenvalue weighted by Gasteiger charge is 2.11. The van der Waals surface area contributed by atoms with Crippen molar-refractivity contribution in [1.82, 2.24) is 15.1 Å². The van der Waals surface area contributed by atoms with Crippen LogP contribution in [0.15, 0.2) is 59.4 Å². The van der Waals surface area contributed by atoms with E-state index in [1.807, 2.05) is 19.1 Å². The average Bonchev–Trinajstić information content (AvgIpc) is 3.02. The van der Waals surface area contributed by atoms with Crippen LogP contribution in [0.4, 0.5) is 11.5 Å². The molecule has 1 aromatic carbocycles. The van der Waals surface area contributed by atoms with Gasteiger partial charge in [-0.1, -0.05) is 22.8 Å². The molecule has 3 aromatic heterocycles. The quantitative estimate of drug-likeness (QED) is 0.549. The molecule has 0 aliphatic rings. The van der Waals surface area contributed by atoms with Crippen LogP contribution in [-0.2, 0) is 0 Å². The Morgan fingerprint density at radius 2 is 2.04 bits per heavy atom. The Morgan fingerprint density at radius 3 is 2.84 bits per heavy atom. The van der Waals surface area contributed by atoms with Gasteiger partial charge in [0.05, 0.1) is 5.02 Å². The first-order valence-electron chi connectivity index (χ1n) is 7.56. The average molecular weight is 353 g/mol. The van der Waals surface area contributed by atoms with Crippen molar-refractivity contribution in [2.75, 3.05) is 5.32 Å². The third-order valence-corrected chi connectivity index (χ3v) is 3.82. The summed E-state index contributed by atoms with van der Waals surface area (Å²) in [6, 6.07) is 12.7. The number of pyridine rings is 2. The number of rotatable bonds is 4. The minimum Gasteiger partial charge on any atom is -0.437 e. The van der Waals surface area contributed by atoms with Crippen LogP contribution in [0.1, 0.15) is 5.56 Å². The van der Waals surface area contributed by atoms with Gasteiger partial charge in [-0.2, -0.15) is 0 Å². The molecule has 0 radical (unpaired) electrons. The second-order valence-electron chi connectivity index (χ2n) is 5.43. The van der Waals surface area contributed by atoms with Crippen molar-refractivity contribution < 1.29 is 9.26 Å². The van der Waals surface area contributed by atoms with Gasteiger partial charge in [-0.3, -0.25) is 0 Å². The fourth-order valence-corrected chi connectivity index (χ4v) is 2.51. The lowest BCUT2D eigenvalue weighted by atomic mass is 10.3. The highest BCUT2D eigenvalue weighted by molar-refractivity contribution is 6.32. The van der Waals surface area contributed by atoms with Crippen molar-refractivity contribution in [2.24, 2.45) is 0 Å². The van der Waals surface area contributed by atoms with Crippen LogP contribution < -0.4 is 10.1 Å². The molecule has 0 saturated heterocycles. The molecule has 0 saturated carbocycles. The van der Waals surface area contributed by atoms with Crippen molar-refractivity contribution in [3.8, 4) is 11.6 Å². The number of ether oxygens (including phenoxy) is 1. The van der Waals surface area contributed by atoms with Gasteiger partial charge >= 0.3 is 0 Å². The van der Waals surface area contributed by atoms with Crippen molar-refractivity contribution in [2.45, 2.75) is 6.92 Å². The standard InChI is InChI=1S/C18H13ClN4O2/c1-11-4-7-16(21-10-11)24-14-6-5-12(9-13(14)19)22-18-17-15(25-23-18)3-2-8-20-17/h2-10H,1H3,(H,22,23). The molecule has 1 N–H and O–H groups in total. The third-order valence-electron chi connectivity index (χ3n) is 3.52. The van der Waals surface area contributed by atoms with Gasteiger partial charge in [-0.25, -0.2) is 9.97 Å². The molecule has 0 bridgehead atoms. The van der Waals surface area contributed by atoms with E-state index in [0.29, 0.717) is 33.6 Å². The van der Waals surface area contributed by atoms with Gasteiger partial charge < -0.3 is 14.6 Å². The summed E-state index contributed by atoms with van der Waals surface area (Å²) in [7, 11) is 0. The van der Waals surface area contributed by atoms with Crippen molar-refractivity contribution in [1.29, 1.82) is 0 Å². The predicted octanol–water partition coefficient (Wildman–Crippen LogP) is 5.12. The van der Waals surface area contributed by atoms with Crippen molar-refractivity contribution >= 4 is 34.2 Å². The molecule has 0 unspecified atom stereocenters. The highest BCUT2D eigenvalue weighted by Crippen LogP contribution is 2.32. The number of aromatic nitrogens is 3. The molecule has 0 aliphatic carbocycles. The van der Waals surface area contributed by atoms with Gasteiger partial charge in [0.1, 0.15) is 5.75 Å². The summed E-state index contributed by atoms with van der Waals surface area (Å²) in [6.45, 7) is 1.96. The van der Waals surface area contributed by atoms with Gasteiger partial charge in [0.15, 0.2) is 16.9 Å². The fourth-order valence-electron chi connectivity index (χ4n) is 2.29. The van der Waals surface area contributed by atoms with E-state index in [9.17, 15) is 0 Å². The monoisotopic (exact) mass is 352 g/mol. The number of anilines is 2. The molecule has 4 aromatic rings. The third kappa shape index (κ3) is 3.25. The van der Waals surface area contributed by atoms with E-state index in [1.54, 1.807) is 42.7 Å². The SMILES string of the molecule is Cc1ccc(Oc2ccc(Nc3noc4cccnc34)cc2Cl)nc1. The van der Waals surface area contributed by atoms with Crippen LogP contribution in [0.5, 0.6) is 11.6 Å². The Labute approximate surface area is 148 Å². The van der Waals surface area contributed by atoms with Crippen LogP contribution in [0.2, 0.25) is 5.02 Å². The summed E-state index contributed by atoms with van der Waals surface area (Å²) in [5, 5.41) is 7.58. The van der Waals surface area contributed by atoms with Gasteiger partial charge in [-0.05, 0) is 42.8 Å². The second-order valence-corrected chi connectivity index (χ2v) is 5.83. The van der Waals surface area contributed by atoms with Crippen LogP contribution in [0, 0.1) is 6.92 Å². The van der Waals surface area contributed by atoms with Crippen molar-refractivity contribution in [3.63, 3.8) is 0 Å². The Balaban J connectivity index is 1.56. The van der Waals surface area contributed by atoms with E-state index in [1.165, 1.54) is 0 Å². The van der Waals surface area contributed by atoms with Gasteiger partial charge in [0, 0.05) is 24.1 Å². The number of hydrogen-bond acceptors (Lipinski definition) is 6. The van der Waals surface area contributed by atoms with Crippen molar-refractivity contribution in [3.05, 3.63) is 65.4 Å². The van der Waals surface area contributed by atoms with E-state index < -0.39 is 0 Å². The summed E-state index contributed by atoms with van der Waals surface area (Å²) >= 11 is 6.32. The van der Waals surface area contributed by atoms with E-state index in [2.05, 4.69) is 20.4 Å². The van der Waals surface area contributed by atoms with E-state index in [4.69, 9.17) is 20.9 Å². The first-order chi connectivity index (χ1) is 12.2. The summed E-state index contributed by atoms with van der Waals surface area (Å²) in [4.78, 5) is 8.46. The maximum absolute atomic E-state index is 6.32. The molecule has 0 fully saturated rings. The smallest absolute Gasteiger partial charge is 0.219 e. The predicted molar refractivity (Wildman–Crippen MR) is 95.6 cm³/mol. The lowest BCUT2D eigenvalue weighted by Gasteiger charge is -2.09. The summed E-state index contributed by atoms with van der Waals surface area (Å²) in [6.07, 6.45) is 3.42. The largest absolute Gasteiger partial charge is 0.437 e. The first kappa shape index (κ1) is 15.4. The molecule has 7 heteroatoms. The second kappa shape index (κ2) is 6.41. The number of nitrogens with one attached hydrogen (secondary N) is 1. The number of hydrogen-bond donors (Lipinski definition) is 1. The lowest BCUT2D eigenvalue weighted by Crippen LogP contribution is -1.93. The number of aryl methyl sites for hydroxylation is 1. The molecule has 0 amide bonds. The Bertz CT molecular complexity index is 1030. The zero-order valence-corrected chi connectivity index (χ0v) is 14.0. The molecule has 25 heavy (non-hydrogen) atoms. The summed E-state index contributed by atoms with van der Waals surface area (Å²) < 4.78 is 10.9. The van der Waals surface area contributed by atoms with E-state index in [0.717, 1.165) is 11.3 Å². The molecule has 0 aliphatic heterocycles. The maximum Gasteiger partial charge on any atom is 0.219 e. The molecule has 0 atom stereocenters. The summed E-state index contributed by atoms with van der Waals surface area (Å²) in [5.74, 6) is 1.53. The topological polar surface area (TPSA) is 73.1 Å². The van der Waals surface area contributed by atoms with Gasteiger partial charge in [-0.15, -0.1) is 0 Å². The molecular formula is C18H13ClN4O2. The van der Waals surface area contributed by atoms with E-state index in [-0.39, 0.29) is 0 Å². The minimum atomic E-state index is 0.452. The molecule has 0 spiro atoms. The molecule has 6 nitrogen and oxygen atoms in total. The molecule has 124 valence electrons. The van der Waals surface area contributed by atoms with Crippen LogP contribution in [0.25, 0.3) is 11.1 Å². The first-order valence-corrected chi connectivity index (χ1v) is 7.94. The van der Waals surface area contributed by atoms with Gasteiger partial charge in [0.25, 0.3) is 0 Å². The number of halogens is 1. The fraction of sp³-hybridized carbons (Fsp3) is 0.0556. The molecule has 3 heterocycles. The zero-order chi connectivity index (χ0) is 17.2. The van der Waals surface area contributed by atoms with Crippen LogP contribution in [0.3, 0.4) is 0 Å². The molecule has 4 rings (SSSR count). The number of fused-ring (bicyclic) bond motifs is 1. The van der Waals surface area contributed by atoms with Crippen LogP contribution in [-0.4, -0.2) is 15.1 Å². The Kier molecular flexibility index (Phi) is 3.95. The Morgan fingerprint density at radius 1 is 1.12 bits per heavy atom. The minimum absolute atomic E-state index is 0.452. The maximum atomic E-state index is 6.32. The number of benzene rings is 1. The molecular weight excluding hydrogens is 340 g/mol. The van der Waals surface area contributed by atoms with E-state index >= 15 is 0 Å². The highest BCUT2D eigenvalue weighted by atomic mass is 35.5. The summed E-state index contributed by atoms with van der Waals surface area (Å²) in [5.41, 5.74) is 3.07. The van der Waals surface area contributed by atoms with Gasteiger partial charge in [0.2, 0.25) is 5.88 Å². The van der Waals surface area contributed by atoms with Crippen LogP contribution >= 0.6 is 11.6 Å². The lowest BCUT2D eigenvalue weighted by molar-refractivity contribution is 0.460.